The summed E-state index contributed by atoms with van der Waals surface area (Å²) in [6, 6.07) is 5.12. The second-order valence-electron chi connectivity index (χ2n) is 4.69. The summed E-state index contributed by atoms with van der Waals surface area (Å²) in [5.74, 6) is -0.535. The number of sulfonamides is 1. The lowest BCUT2D eigenvalue weighted by atomic mass is 10.2. The monoisotopic (exact) mass is 272 g/mol. The Hall–Kier alpha value is -0.980. The summed E-state index contributed by atoms with van der Waals surface area (Å²) in [6.07, 6.45) is 0. The van der Waals surface area contributed by atoms with Crippen LogP contribution in [0.1, 0.15) is 13.8 Å². The van der Waals surface area contributed by atoms with Crippen molar-refractivity contribution in [3.8, 4) is 0 Å². The number of nitrogens with zero attached hydrogens (tertiary/aromatic N) is 1. The average Bonchev–Trinajstić information content (AvgIpc) is 2.32. The van der Waals surface area contributed by atoms with Crippen molar-refractivity contribution in [1.29, 1.82) is 0 Å². The molecule has 0 saturated carbocycles. The highest BCUT2D eigenvalue weighted by Crippen LogP contribution is 2.21. The third kappa shape index (κ3) is 2.55. The normalized spacial score (nSPS) is 26.2. The van der Waals surface area contributed by atoms with Crippen LogP contribution in [0.15, 0.2) is 29.2 Å². The first-order chi connectivity index (χ1) is 8.41. The SMILES string of the molecule is CC1CN(S(=O)(=O)c2cccc(F)c2)C(C)CN1. The summed E-state index contributed by atoms with van der Waals surface area (Å²) < 4.78 is 39.4. The molecule has 1 heterocycles. The molecule has 0 spiro atoms. The molecule has 1 N–H and O–H groups in total. The molecule has 0 aliphatic carbocycles. The largest absolute Gasteiger partial charge is 0.311 e. The van der Waals surface area contributed by atoms with Crippen molar-refractivity contribution in [2.45, 2.75) is 30.8 Å². The molecular formula is C12H17FN2O2S. The van der Waals surface area contributed by atoms with Crippen LogP contribution >= 0.6 is 0 Å². The van der Waals surface area contributed by atoms with Crippen molar-refractivity contribution in [2.75, 3.05) is 13.1 Å². The molecule has 0 amide bonds. The van der Waals surface area contributed by atoms with Crippen molar-refractivity contribution in [3.63, 3.8) is 0 Å². The molecule has 100 valence electrons. The van der Waals surface area contributed by atoms with Gasteiger partial charge in [-0.2, -0.15) is 4.31 Å². The van der Waals surface area contributed by atoms with Gasteiger partial charge in [0, 0.05) is 25.2 Å². The molecule has 1 aliphatic heterocycles. The Morgan fingerprint density at radius 1 is 1.39 bits per heavy atom. The molecule has 1 saturated heterocycles. The molecule has 1 aromatic carbocycles. The van der Waals surface area contributed by atoms with Crippen LogP contribution in [0.4, 0.5) is 4.39 Å². The highest BCUT2D eigenvalue weighted by Gasteiger charge is 2.33. The smallest absolute Gasteiger partial charge is 0.243 e. The molecular weight excluding hydrogens is 255 g/mol. The van der Waals surface area contributed by atoms with Gasteiger partial charge in [0.2, 0.25) is 10.0 Å². The average molecular weight is 272 g/mol. The third-order valence-electron chi connectivity index (χ3n) is 3.11. The Morgan fingerprint density at radius 2 is 2.11 bits per heavy atom. The number of hydrogen-bond donors (Lipinski definition) is 1. The summed E-state index contributed by atoms with van der Waals surface area (Å²) in [4.78, 5) is 0.0171. The van der Waals surface area contributed by atoms with E-state index in [1.165, 1.54) is 22.5 Å². The van der Waals surface area contributed by atoms with E-state index in [1.807, 2.05) is 13.8 Å². The molecule has 0 radical (unpaired) electrons. The van der Waals surface area contributed by atoms with E-state index < -0.39 is 15.8 Å². The van der Waals surface area contributed by atoms with E-state index in [1.54, 1.807) is 0 Å². The van der Waals surface area contributed by atoms with Crippen LogP contribution in [0.2, 0.25) is 0 Å². The summed E-state index contributed by atoms with van der Waals surface area (Å²) >= 11 is 0. The Bertz CT molecular complexity index is 533. The van der Waals surface area contributed by atoms with Gasteiger partial charge in [-0.25, -0.2) is 12.8 Å². The maximum atomic E-state index is 13.1. The Labute approximate surface area is 107 Å². The fourth-order valence-corrected chi connectivity index (χ4v) is 3.84. The molecule has 1 fully saturated rings. The number of rotatable bonds is 2. The molecule has 2 atom stereocenters. The molecule has 4 nitrogen and oxygen atoms in total. The van der Waals surface area contributed by atoms with E-state index >= 15 is 0 Å². The van der Waals surface area contributed by atoms with Gasteiger partial charge >= 0.3 is 0 Å². The van der Waals surface area contributed by atoms with Gasteiger partial charge in [0.25, 0.3) is 0 Å². The fraction of sp³-hybridized carbons (Fsp3) is 0.500. The summed E-state index contributed by atoms with van der Waals surface area (Å²) in [6.45, 7) is 4.78. The van der Waals surface area contributed by atoms with E-state index in [9.17, 15) is 12.8 Å². The fourth-order valence-electron chi connectivity index (χ4n) is 2.09. The minimum Gasteiger partial charge on any atom is -0.311 e. The zero-order valence-electron chi connectivity index (χ0n) is 10.4. The third-order valence-corrected chi connectivity index (χ3v) is 5.09. The number of hydrogen-bond acceptors (Lipinski definition) is 3. The Morgan fingerprint density at radius 3 is 2.78 bits per heavy atom. The molecule has 2 unspecified atom stereocenters. The van der Waals surface area contributed by atoms with Gasteiger partial charge in [0.15, 0.2) is 0 Å². The van der Waals surface area contributed by atoms with Crippen LogP contribution < -0.4 is 5.32 Å². The van der Waals surface area contributed by atoms with E-state index in [0.717, 1.165) is 6.07 Å². The number of piperazine rings is 1. The van der Waals surface area contributed by atoms with E-state index in [-0.39, 0.29) is 17.0 Å². The number of nitrogens with one attached hydrogen (secondary N) is 1. The van der Waals surface area contributed by atoms with Crippen LogP contribution in [0.5, 0.6) is 0 Å². The lowest BCUT2D eigenvalue weighted by molar-refractivity contribution is 0.244. The summed E-state index contributed by atoms with van der Waals surface area (Å²) in [5, 5.41) is 3.22. The predicted octanol–water partition coefficient (Wildman–Crippen LogP) is 1.20. The van der Waals surface area contributed by atoms with Crippen molar-refractivity contribution in [2.24, 2.45) is 0 Å². The van der Waals surface area contributed by atoms with E-state index in [4.69, 9.17) is 0 Å². The second kappa shape index (κ2) is 4.95. The first kappa shape index (κ1) is 13.5. The van der Waals surface area contributed by atoms with Gasteiger partial charge < -0.3 is 5.32 Å². The number of halogens is 1. The molecule has 2 rings (SSSR count). The topological polar surface area (TPSA) is 49.4 Å². The molecule has 1 aromatic rings. The zero-order chi connectivity index (χ0) is 13.3. The van der Waals surface area contributed by atoms with Crippen LogP contribution in [-0.4, -0.2) is 37.9 Å². The van der Waals surface area contributed by atoms with E-state index in [2.05, 4.69) is 5.32 Å². The minimum absolute atomic E-state index is 0.0171. The van der Waals surface area contributed by atoms with Crippen LogP contribution in [-0.2, 0) is 10.0 Å². The first-order valence-electron chi connectivity index (χ1n) is 5.92. The molecule has 18 heavy (non-hydrogen) atoms. The first-order valence-corrected chi connectivity index (χ1v) is 7.36. The van der Waals surface area contributed by atoms with Gasteiger partial charge in [0.05, 0.1) is 4.90 Å². The lowest BCUT2D eigenvalue weighted by Gasteiger charge is -2.36. The summed E-state index contributed by atoms with van der Waals surface area (Å²) in [7, 11) is -3.61. The van der Waals surface area contributed by atoms with Gasteiger partial charge in [-0.15, -0.1) is 0 Å². The van der Waals surface area contributed by atoms with E-state index in [0.29, 0.717) is 13.1 Å². The highest BCUT2D eigenvalue weighted by molar-refractivity contribution is 7.89. The quantitative estimate of drug-likeness (QED) is 0.880. The Kier molecular flexibility index (Phi) is 3.70. The molecule has 0 aromatic heterocycles. The zero-order valence-corrected chi connectivity index (χ0v) is 11.2. The highest BCUT2D eigenvalue weighted by atomic mass is 32.2. The van der Waals surface area contributed by atoms with Gasteiger partial charge in [-0.05, 0) is 32.0 Å². The predicted molar refractivity (Wildman–Crippen MR) is 67.2 cm³/mol. The second-order valence-corrected chi connectivity index (χ2v) is 6.58. The van der Waals surface area contributed by atoms with Crippen LogP contribution in [0, 0.1) is 5.82 Å². The molecule has 6 heteroatoms. The van der Waals surface area contributed by atoms with Crippen molar-refractivity contribution in [3.05, 3.63) is 30.1 Å². The molecule has 1 aliphatic rings. The minimum atomic E-state index is -3.61. The van der Waals surface area contributed by atoms with Crippen molar-refractivity contribution >= 4 is 10.0 Å². The maximum absolute atomic E-state index is 13.1. The van der Waals surface area contributed by atoms with Crippen LogP contribution in [0.3, 0.4) is 0 Å². The Balaban J connectivity index is 2.35. The van der Waals surface area contributed by atoms with Crippen molar-refractivity contribution in [1.82, 2.24) is 9.62 Å². The lowest BCUT2D eigenvalue weighted by Crippen LogP contribution is -2.56. The van der Waals surface area contributed by atoms with Crippen molar-refractivity contribution < 1.29 is 12.8 Å². The summed E-state index contributed by atoms with van der Waals surface area (Å²) in [5.41, 5.74) is 0. The number of benzene rings is 1. The molecule has 0 bridgehead atoms. The van der Waals surface area contributed by atoms with Gasteiger partial charge in [-0.1, -0.05) is 6.07 Å². The van der Waals surface area contributed by atoms with Gasteiger partial charge in [-0.3, -0.25) is 0 Å². The maximum Gasteiger partial charge on any atom is 0.243 e. The van der Waals surface area contributed by atoms with Gasteiger partial charge in [0.1, 0.15) is 5.82 Å². The standard InChI is InChI=1S/C12H17FN2O2S/c1-9-8-15(10(2)7-14-9)18(16,17)12-5-3-4-11(13)6-12/h3-6,9-10,14H,7-8H2,1-2H3. The van der Waals surface area contributed by atoms with Crippen LogP contribution in [0.25, 0.3) is 0 Å².